The van der Waals surface area contributed by atoms with E-state index in [4.69, 9.17) is 5.11 Å². The quantitative estimate of drug-likeness (QED) is 0.777. The number of pyridine rings is 2. The van der Waals surface area contributed by atoms with Crippen LogP contribution in [-0.4, -0.2) is 21.0 Å². The Balaban J connectivity index is 1.75. The number of benzene rings is 1. The van der Waals surface area contributed by atoms with Crippen LogP contribution in [0.2, 0.25) is 0 Å². The molecule has 2 heterocycles. The van der Waals surface area contributed by atoms with Crippen LogP contribution in [0.1, 0.15) is 10.4 Å². The standard InChI is InChI=1S/C17H13N3O2/c21-15-7-8-16(19-11-15)20-17(22)13-5-3-12(4-6-13)14-2-1-9-18-10-14/h1-11,21H,(H,19,20,22). The van der Waals surface area contributed by atoms with E-state index >= 15 is 0 Å². The zero-order valence-electron chi connectivity index (χ0n) is 11.6. The molecule has 3 rings (SSSR count). The van der Waals surface area contributed by atoms with E-state index < -0.39 is 0 Å². The molecule has 0 unspecified atom stereocenters. The Labute approximate surface area is 127 Å². The van der Waals surface area contributed by atoms with Gasteiger partial charge in [0.1, 0.15) is 11.6 Å². The molecule has 2 N–H and O–H groups in total. The molecule has 108 valence electrons. The molecule has 22 heavy (non-hydrogen) atoms. The molecule has 0 spiro atoms. The van der Waals surface area contributed by atoms with Gasteiger partial charge in [-0.2, -0.15) is 0 Å². The molecule has 0 saturated carbocycles. The first kappa shape index (κ1) is 13.8. The molecule has 0 aliphatic carbocycles. The minimum absolute atomic E-state index is 0.0545. The summed E-state index contributed by atoms with van der Waals surface area (Å²) in [6, 6.07) is 14.1. The van der Waals surface area contributed by atoms with Crippen LogP contribution in [-0.2, 0) is 0 Å². The number of amides is 1. The lowest BCUT2D eigenvalue weighted by Gasteiger charge is -2.06. The smallest absolute Gasteiger partial charge is 0.256 e. The van der Waals surface area contributed by atoms with Gasteiger partial charge >= 0.3 is 0 Å². The fourth-order valence-corrected chi connectivity index (χ4v) is 2.00. The molecule has 0 aliphatic heterocycles. The minimum atomic E-state index is -0.254. The second-order valence-electron chi connectivity index (χ2n) is 4.67. The van der Waals surface area contributed by atoms with E-state index in [1.54, 1.807) is 24.5 Å². The van der Waals surface area contributed by atoms with Gasteiger partial charge in [0.05, 0.1) is 6.20 Å². The topological polar surface area (TPSA) is 75.1 Å². The molecule has 0 saturated heterocycles. The Morgan fingerprint density at radius 2 is 1.77 bits per heavy atom. The Kier molecular flexibility index (Phi) is 3.78. The van der Waals surface area contributed by atoms with Crippen molar-refractivity contribution in [2.45, 2.75) is 0 Å². The van der Waals surface area contributed by atoms with Crippen molar-refractivity contribution in [2.75, 3.05) is 5.32 Å². The maximum absolute atomic E-state index is 12.1. The third-order valence-electron chi connectivity index (χ3n) is 3.13. The number of aromatic nitrogens is 2. The van der Waals surface area contributed by atoms with Crippen LogP contribution in [0.15, 0.2) is 67.1 Å². The first-order valence-corrected chi connectivity index (χ1v) is 6.69. The largest absolute Gasteiger partial charge is 0.506 e. The Morgan fingerprint density at radius 1 is 0.955 bits per heavy atom. The lowest BCUT2D eigenvalue weighted by atomic mass is 10.1. The summed E-state index contributed by atoms with van der Waals surface area (Å²) in [5.74, 6) is 0.189. The van der Waals surface area contributed by atoms with Gasteiger partial charge < -0.3 is 10.4 Å². The molecule has 0 fully saturated rings. The molecule has 0 bridgehead atoms. The summed E-state index contributed by atoms with van der Waals surface area (Å²) < 4.78 is 0. The van der Waals surface area contributed by atoms with Crippen LogP contribution >= 0.6 is 0 Å². The van der Waals surface area contributed by atoms with Crippen molar-refractivity contribution in [3.8, 4) is 16.9 Å². The third kappa shape index (κ3) is 3.09. The molecule has 1 amide bonds. The van der Waals surface area contributed by atoms with E-state index in [-0.39, 0.29) is 11.7 Å². The summed E-state index contributed by atoms with van der Waals surface area (Å²) in [5, 5.41) is 11.8. The predicted octanol–water partition coefficient (Wildman–Crippen LogP) is 3.10. The molecule has 5 nitrogen and oxygen atoms in total. The van der Waals surface area contributed by atoms with Crippen molar-refractivity contribution in [3.05, 3.63) is 72.7 Å². The first-order chi connectivity index (χ1) is 10.7. The highest BCUT2D eigenvalue weighted by Crippen LogP contribution is 2.19. The summed E-state index contributed by atoms with van der Waals surface area (Å²) in [7, 11) is 0. The van der Waals surface area contributed by atoms with Crippen molar-refractivity contribution in [1.82, 2.24) is 9.97 Å². The number of carbonyl (C=O) groups excluding carboxylic acids is 1. The number of rotatable bonds is 3. The van der Waals surface area contributed by atoms with Crippen LogP contribution in [0.5, 0.6) is 5.75 Å². The van der Waals surface area contributed by atoms with Crippen LogP contribution in [0.4, 0.5) is 5.82 Å². The van der Waals surface area contributed by atoms with Gasteiger partial charge in [-0.1, -0.05) is 18.2 Å². The van der Waals surface area contributed by atoms with Gasteiger partial charge in [-0.3, -0.25) is 9.78 Å². The number of anilines is 1. The van der Waals surface area contributed by atoms with E-state index in [1.807, 2.05) is 24.3 Å². The average molecular weight is 291 g/mol. The average Bonchev–Trinajstić information content (AvgIpc) is 2.58. The van der Waals surface area contributed by atoms with Crippen molar-refractivity contribution < 1.29 is 9.90 Å². The zero-order valence-corrected chi connectivity index (χ0v) is 11.6. The summed E-state index contributed by atoms with van der Waals surface area (Å²) in [5.41, 5.74) is 2.52. The van der Waals surface area contributed by atoms with E-state index in [0.29, 0.717) is 11.4 Å². The minimum Gasteiger partial charge on any atom is -0.506 e. The lowest BCUT2D eigenvalue weighted by molar-refractivity contribution is 0.102. The predicted molar refractivity (Wildman–Crippen MR) is 83.5 cm³/mol. The molecule has 3 aromatic rings. The lowest BCUT2D eigenvalue weighted by Crippen LogP contribution is -2.12. The van der Waals surface area contributed by atoms with Crippen LogP contribution < -0.4 is 5.32 Å². The zero-order chi connectivity index (χ0) is 15.4. The summed E-state index contributed by atoms with van der Waals surface area (Å²) in [6.07, 6.45) is 4.77. The van der Waals surface area contributed by atoms with E-state index in [0.717, 1.165) is 11.1 Å². The van der Waals surface area contributed by atoms with Gasteiger partial charge in [-0.25, -0.2) is 4.98 Å². The van der Waals surface area contributed by atoms with Gasteiger partial charge in [0, 0.05) is 18.0 Å². The summed E-state index contributed by atoms with van der Waals surface area (Å²) in [4.78, 5) is 20.1. The highest BCUT2D eigenvalue weighted by Gasteiger charge is 2.07. The normalized spacial score (nSPS) is 10.2. The number of hydrogen-bond donors (Lipinski definition) is 2. The fourth-order valence-electron chi connectivity index (χ4n) is 2.00. The summed E-state index contributed by atoms with van der Waals surface area (Å²) in [6.45, 7) is 0. The van der Waals surface area contributed by atoms with E-state index in [2.05, 4.69) is 15.3 Å². The molecular formula is C17H13N3O2. The number of nitrogens with zero attached hydrogens (tertiary/aromatic N) is 2. The number of hydrogen-bond acceptors (Lipinski definition) is 4. The monoisotopic (exact) mass is 291 g/mol. The van der Waals surface area contributed by atoms with Crippen molar-refractivity contribution in [2.24, 2.45) is 0 Å². The van der Waals surface area contributed by atoms with Crippen molar-refractivity contribution >= 4 is 11.7 Å². The van der Waals surface area contributed by atoms with Crippen molar-refractivity contribution in [1.29, 1.82) is 0 Å². The number of carbonyl (C=O) groups is 1. The third-order valence-corrected chi connectivity index (χ3v) is 3.13. The van der Waals surface area contributed by atoms with Crippen LogP contribution in [0, 0.1) is 0 Å². The van der Waals surface area contributed by atoms with Gasteiger partial charge in [0.25, 0.3) is 5.91 Å². The Morgan fingerprint density at radius 3 is 2.41 bits per heavy atom. The van der Waals surface area contributed by atoms with Crippen LogP contribution in [0.25, 0.3) is 11.1 Å². The van der Waals surface area contributed by atoms with E-state index in [1.165, 1.54) is 18.3 Å². The molecule has 0 radical (unpaired) electrons. The molecule has 1 aromatic carbocycles. The SMILES string of the molecule is O=C(Nc1ccc(O)cn1)c1ccc(-c2cccnc2)cc1. The van der Waals surface area contributed by atoms with E-state index in [9.17, 15) is 4.79 Å². The molecular weight excluding hydrogens is 278 g/mol. The Bertz CT molecular complexity index is 769. The van der Waals surface area contributed by atoms with Crippen molar-refractivity contribution in [3.63, 3.8) is 0 Å². The maximum atomic E-state index is 12.1. The first-order valence-electron chi connectivity index (χ1n) is 6.69. The summed E-state index contributed by atoms with van der Waals surface area (Å²) >= 11 is 0. The fraction of sp³-hybridized carbons (Fsp3) is 0. The Hall–Kier alpha value is -3.21. The van der Waals surface area contributed by atoms with Gasteiger partial charge in [-0.15, -0.1) is 0 Å². The molecule has 2 aromatic heterocycles. The highest BCUT2D eigenvalue weighted by molar-refractivity contribution is 6.04. The highest BCUT2D eigenvalue weighted by atomic mass is 16.3. The molecule has 5 heteroatoms. The second kappa shape index (κ2) is 6.05. The number of nitrogens with one attached hydrogen (secondary N) is 1. The van der Waals surface area contributed by atoms with Gasteiger partial charge in [0.2, 0.25) is 0 Å². The second-order valence-corrected chi connectivity index (χ2v) is 4.67. The van der Waals surface area contributed by atoms with Gasteiger partial charge in [0.15, 0.2) is 0 Å². The van der Waals surface area contributed by atoms with Gasteiger partial charge in [-0.05, 0) is 41.5 Å². The maximum Gasteiger partial charge on any atom is 0.256 e. The van der Waals surface area contributed by atoms with Crippen LogP contribution in [0.3, 0.4) is 0 Å². The molecule has 0 aliphatic rings. The molecule has 0 atom stereocenters. The number of aromatic hydroxyl groups is 1.